The van der Waals surface area contributed by atoms with E-state index in [-0.39, 0.29) is 5.82 Å². The molecule has 0 radical (unpaired) electrons. The molecule has 0 fully saturated rings. The second-order valence-electron chi connectivity index (χ2n) is 3.31. The van der Waals surface area contributed by atoms with E-state index in [1.165, 1.54) is 18.2 Å². The third-order valence-electron chi connectivity index (χ3n) is 2.23. The third-order valence-corrected chi connectivity index (χ3v) is 2.23. The van der Waals surface area contributed by atoms with Crippen molar-refractivity contribution in [3.63, 3.8) is 0 Å². The molecule has 2 rings (SSSR count). The Hall–Kier alpha value is -1.84. The van der Waals surface area contributed by atoms with Crippen LogP contribution in [0.5, 0.6) is 5.75 Å². The summed E-state index contributed by atoms with van der Waals surface area (Å²) in [5.74, 6) is -0.285. The molecule has 0 saturated heterocycles. The van der Waals surface area contributed by atoms with Gasteiger partial charge in [0.2, 0.25) is 5.91 Å². The van der Waals surface area contributed by atoms with E-state index in [0.717, 1.165) is 5.57 Å². The summed E-state index contributed by atoms with van der Waals surface area (Å²) < 4.78 is 18.3. The van der Waals surface area contributed by atoms with Crippen molar-refractivity contribution in [1.29, 1.82) is 0 Å². The lowest BCUT2D eigenvalue weighted by Gasteiger charge is -2.19. The van der Waals surface area contributed by atoms with Gasteiger partial charge >= 0.3 is 0 Å². The van der Waals surface area contributed by atoms with Gasteiger partial charge in [-0.25, -0.2) is 4.39 Å². The highest BCUT2D eigenvalue weighted by molar-refractivity contribution is 5.95. The Labute approximate surface area is 86.3 Å². The van der Waals surface area contributed by atoms with Crippen LogP contribution in [0.15, 0.2) is 24.3 Å². The quantitative estimate of drug-likeness (QED) is 0.709. The molecule has 3 nitrogen and oxygen atoms in total. The molecule has 15 heavy (non-hydrogen) atoms. The Morgan fingerprint density at radius 3 is 3.07 bits per heavy atom. The fourth-order valence-electron chi connectivity index (χ4n) is 1.61. The van der Waals surface area contributed by atoms with Crippen molar-refractivity contribution < 1.29 is 13.9 Å². The molecule has 1 aromatic rings. The first-order valence-corrected chi connectivity index (χ1v) is 4.59. The number of halogens is 1. The molecule has 0 aromatic heterocycles. The molecule has 0 atom stereocenters. The van der Waals surface area contributed by atoms with Crippen molar-refractivity contribution >= 4 is 11.5 Å². The van der Waals surface area contributed by atoms with E-state index in [9.17, 15) is 9.18 Å². The van der Waals surface area contributed by atoms with Gasteiger partial charge in [-0.1, -0.05) is 0 Å². The maximum Gasteiger partial charge on any atom is 0.241 e. The molecule has 1 aliphatic rings. The Morgan fingerprint density at radius 2 is 2.33 bits per heavy atom. The van der Waals surface area contributed by atoms with Gasteiger partial charge in [0.25, 0.3) is 0 Å². The van der Waals surface area contributed by atoms with E-state index in [1.807, 2.05) is 0 Å². The summed E-state index contributed by atoms with van der Waals surface area (Å²) in [7, 11) is 0. The van der Waals surface area contributed by atoms with Crippen LogP contribution in [0.3, 0.4) is 0 Å². The standard InChI is InChI=1S/C11H10FNO2/c12-8-1-2-10-9(6-8)7(3-4-15-10)5-11(13)14/h1-2,5-6H,3-4H2,(H2,13,14)/b7-5+. The maximum atomic E-state index is 13.0. The zero-order chi connectivity index (χ0) is 10.8. The largest absolute Gasteiger partial charge is 0.493 e. The minimum Gasteiger partial charge on any atom is -0.493 e. The second-order valence-corrected chi connectivity index (χ2v) is 3.31. The van der Waals surface area contributed by atoms with Crippen LogP contribution in [0.25, 0.3) is 5.57 Å². The van der Waals surface area contributed by atoms with Crippen molar-refractivity contribution in [3.05, 3.63) is 35.7 Å². The number of primary amides is 1. The fraction of sp³-hybridized carbons (Fsp3) is 0.182. The molecule has 1 heterocycles. The lowest BCUT2D eigenvalue weighted by Crippen LogP contribution is -2.12. The van der Waals surface area contributed by atoms with Crippen molar-refractivity contribution in [2.24, 2.45) is 5.73 Å². The Balaban J connectivity index is 2.49. The molecule has 0 aliphatic carbocycles. The van der Waals surface area contributed by atoms with E-state index >= 15 is 0 Å². The molecule has 0 bridgehead atoms. The number of rotatable bonds is 1. The Morgan fingerprint density at radius 1 is 1.53 bits per heavy atom. The van der Waals surface area contributed by atoms with Crippen LogP contribution in [-0.2, 0) is 4.79 Å². The summed E-state index contributed by atoms with van der Waals surface area (Å²) in [5.41, 5.74) is 6.40. The van der Waals surface area contributed by atoms with Crippen LogP contribution in [0.1, 0.15) is 12.0 Å². The van der Waals surface area contributed by atoms with E-state index in [2.05, 4.69) is 0 Å². The van der Waals surface area contributed by atoms with Crippen LogP contribution in [0.4, 0.5) is 4.39 Å². The number of carbonyl (C=O) groups excluding carboxylic acids is 1. The van der Waals surface area contributed by atoms with Crippen LogP contribution >= 0.6 is 0 Å². The van der Waals surface area contributed by atoms with E-state index < -0.39 is 5.91 Å². The number of ether oxygens (including phenoxy) is 1. The number of fused-ring (bicyclic) bond motifs is 1. The van der Waals surface area contributed by atoms with Crippen LogP contribution < -0.4 is 10.5 Å². The van der Waals surface area contributed by atoms with Crippen LogP contribution in [0.2, 0.25) is 0 Å². The first kappa shape index (κ1) is 9.71. The van der Waals surface area contributed by atoms with Gasteiger partial charge in [-0.3, -0.25) is 4.79 Å². The van der Waals surface area contributed by atoms with Gasteiger partial charge in [0, 0.05) is 18.1 Å². The lowest BCUT2D eigenvalue weighted by molar-refractivity contribution is -0.113. The van der Waals surface area contributed by atoms with Crippen molar-refractivity contribution in [3.8, 4) is 5.75 Å². The van der Waals surface area contributed by atoms with Crippen molar-refractivity contribution in [2.75, 3.05) is 6.61 Å². The summed E-state index contributed by atoms with van der Waals surface area (Å²) in [5, 5.41) is 0. The molecule has 4 heteroatoms. The highest BCUT2D eigenvalue weighted by Crippen LogP contribution is 2.32. The van der Waals surface area contributed by atoms with Crippen LogP contribution in [0, 0.1) is 5.82 Å². The lowest BCUT2D eigenvalue weighted by atomic mass is 9.99. The van der Waals surface area contributed by atoms with Crippen molar-refractivity contribution in [1.82, 2.24) is 0 Å². The first-order valence-electron chi connectivity index (χ1n) is 4.59. The van der Waals surface area contributed by atoms with Gasteiger partial charge in [-0.15, -0.1) is 0 Å². The van der Waals surface area contributed by atoms with Gasteiger partial charge in [-0.05, 0) is 23.8 Å². The SMILES string of the molecule is NC(=O)/C=C1\CCOc2ccc(F)cc21. The molecule has 1 aliphatic heterocycles. The van der Waals surface area contributed by atoms with Gasteiger partial charge in [0.1, 0.15) is 11.6 Å². The summed E-state index contributed by atoms with van der Waals surface area (Å²) in [6.07, 6.45) is 1.89. The van der Waals surface area contributed by atoms with E-state index in [0.29, 0.717) is 24.3 Å². The van der Waals surface area contributed by atoms with Gasteiger partial charge in [-0.2, -0.15) is 0 Å². The molecular weight excluding hydrogens is 197 g/mol. The topological polar surface area (TPSA) is 52.3 Å². The highest BCUT2D eigenvalue weighted by atomic mass is 19.1. The molecule has 78 valence electrons. The summed E-state index contributed by atoms with van der Waals surface area (Å²) >= 11 is 0. The van der Waals surface area contributed by atoms with Gasteiger partial charge < -0.3 is 10.5 Å². The molecule has 0 saturated carbocycles. The predicted octanol–water partition coefficient (Wildman–Crippen LogP) is 1.48. The molecule has 1 amide bonds. The van der Waals surface area contributed by atoms with Crippen molar-refractivity contribution in [2.45, 2.75) is 6.42 Å². The van der Waals surface area contributed by atoms with Gasteiger partial charge in [0.15, 0.2) is 0 Å². The average Bonchev–Trinajstić information content (AvgIpc) is 2.18. The molecule has 0 spiro atoms. The third kappa shape index (κ3) is 1.98. The van der Waals surface area contributed by atoms with Crippen LogP contribution in [-0.4, -0.2) is 12.5 Å². The maximum absolute atomic E-state index is 13.0. The van der Waals surface area contributed by atoms with Gasteiger partial charge in [0.05, 0.1) is 6.61 Å². The molecule has 0 unspecified atom stereocenters. The number of amides is 1. The number of hydrogen-bond donors (Lipinski definition) is 1. The highest BCUT2D eigenvalue weighted by Gasteiger charge is 2.16. The number of hydrogen-bond acceptors (Lipinski definition) is 2. The minimum atomic E-state index is -0.526. The summed E-state index contributed by atoms with van der Waals surface area (Å²) in [6, 6.07) is 4.23. The number of benzene rings is 1. The van der Waals surface area contributed by atoms with E-state index in [4.69, 9.17) is 10.5 Å². The Kier molecular flexibility index (Phi) is 2.41. The predicted molar refractivity (Wildman–Crippen MR) is 53.7 cm³/mol. The number of nitrogens with two attached hydrogens (primary N) is 1. The monoisotopic (exact) mass is 207 g/mol. The minimum absolute atomic E-state index is 0.352. The zero-order valence-electron chi connectivity index (χ0n) is 8.00. The summed E-state index contributed by atoms with van der Waals surface area (Å²) in [6.45, 7) is 0.484. The number of carbonyl (C=O) groups is 1. The second kappa shape index (κ2) is 3.73. The molecular formula is C11H10FNO2. The summed E-state index contributed by atoms with van der Waals surface area (Å²) in [4.78, 5) is 10.8. The zero-order valence-corrected chi connectivity index (χ0v) is 8.00. The molecule has 2 N–H and O–H groups in total. The smallest absolute Gasteiger partial charge is 0.241 e. The fourth-order valence-corrected chi connectivity index (χ4v) is 1.61. The molecule has 1 aromatic carbocycles. The van der Waals surface area contributed by atoms with E-state index in [1.54, 1.807) is 6.07 Å². The Bertz CT molecular complexity index is 440. The first-order chi connectivity index (χ1) is 7.16. The average molecular weight is 207 g/mol. The normalized spacial score (nSPS) is 17.0.